The molecule has 0 saturated carbocycles. The summed E-state index contributed by atoms with van der Waals surface area (Å²) in [6.45, 7) is 1.07. The van der Waals surface area contributed by atoms with Gasteiger partial charge in [0.1, 0.15) is 6.61 Å². The van der Waals surface area contributed by atoms with Gasteiger partial charge < -0.3 is 9.84 Å². The quantitative estimate of drug-likeness (QED) is 0.494. The number of nitro benzene ring substituents is 1. The van der Waals surface area contributed by atoms with Crippen LogP contribution in [0.25, 0.3) is 0 Å². The highest BCUT2D eigenvalue weighted by molar-refractivity contribution is 5.85. The second-order valence-corrected chi connectivity index (χ2v) is 3.35. The first kappa shape index (κ1) is 13.6. The van der Waals surface area contributed by atoms with Crippen LogP contribution in [-0.4, -0.2) is 22.6 Å². The smallest absolute Gasteiger partial charge is 0.331 e. The van der Waals surface area contributed by atoms with Gasteiger partial charge in [0.25, 0.3) is 0 Å². The lowest BCUT2D eigenvalue weighted by molar-refractivity contribution is -0.386. The van der Waals surface area contributed by atoms with E-state index in [0.29, 0.717) is 0 Å². The molecule has 7 heteroatoms. The van der Waals surface area contributed by atoms with Gasteiger partial charge in [-0.25, -0.2) is 9.18 Å². The summed E-state index contributed by atoms with van der Waals surface area (Å²) < 4.78 is 18.2. The number of hydrogen-bond acceptors (Lipinski definition) is 4. The first-order chi connectivity index (χ1) is 8.43. The Labute approximate surface area is 101 Å². The Kier molecular flexibility index (Phi) is 4.36. The lowest BCUT2D eigenvalue weighted by Crippen LogP contribution is -2.03. The molecule has 0 radical (unpaired) electrons. The van der Waals surface area contributed by atoms with Crippen LogP contribution in [0.2, 0.25) is 0 Å². The Bertz CT molecular complexity index is 512. The van der Waals surface area contributed by atoms with Crippen LogP contribution in [-0.2, 0) is 4.79 Å². The standard InChI is InChI=1S/C11H10FNO5/c1-7(11(14)15)5-6-18-10-8(12)3-2-4-9(10)13(16)17/h2-5H,6H2,1H3,(H,14,15)/b7-5-. The topological polar surface area (TPSA) is 89.7 Å². The molecule has 0 aromatic heterocycles. The number of carboxylic acids is 1. The third-order valence-corrected chi connectivity index (χ3v) is 2.10. The molecular formula is C11H10FNO5. The van der Waals surface area contributed by atoms with Gasteiger partial charge in [0.15, 0.2) is 5.82 Å². The molecule has 0 aliphatic carbocycles. The fraction of sp³-hybridized carbons (Fsp3) is 0.182. The van der Waals surface area contributed by atoms with E-state index in [1.165, 1.54) is 19.1 Å². The van der Waals surface area contributed by atoms with E-state index in [-0.39, 0.29) is 12.2 Å². The van der Waals surface area contributed by atoms with Crippen LogP contribution in [0.5, 0.6) is 5.75 Å². The third-order valence-electron chi connectivity index (χ3n) is 2.10. The summed E-state index contributed by atoms with van der Waals surface area (Å²) in [5.41, 5.74) is -0.495. The summed E-state index contributed by atoms with van der Waals surface area (Å²) in [5.74, 6) is -2.51. The largest absolute Gasteiger partial charge is 0.481 e. The summed E-state index contributed by atoms with van der Waals surface area (Å²) in [7, 11) is 0. The molecule has 0 saturated heterocycles. The van der Waals surface area contributed by atoms with Gasteiger partial charge in [-0.3, -0.25) is 10.1 Å². The highest BCUT2D eigenvalue weighted by Crippen LogP contribution is 2.29. The molecule has 0 aliphatic heterocycles. The van der Waals surface area contributed by atoms with Crippen LogP contribution in [0.15, 0.2) is 29.8 Å². The van der Waals surface area contributed by atoms with Crippen LogP contribution in [0.1, 0.15) is 6.92 Å². The fourth-order valence-electron chi connectivity index (χ4n) is 1.12. The molecule has 0 fully saturated rings. The van der Waals surface area contributed by atoms with Gasteiger partial charge in [0.2, 0.25) is 5.75 Å². The second-order valence-electron chi connectivity index (χ2n) is 3.35. The number of rotatable bonds is 5. The molecule has 0 atom stereocenters. The summed E-state index contributed by atoms with van der Waals surface area (Å²) in [4.78, 5) is 20.3. The predicted octanol–water partition coefficient (Wildman–Crippen LogP) is 2.14. The van der Waals surface area contributed by atoms with Crippen molar-refractivity contribution in [3.63, 3.8) is 0 Å². The maximum Gasteiger partial charge on any atom is 0.331 e. The maximum absolute atomic E-state index is 13.3. The minimum absolute atomic E-state index is 0.00833. The van der Waals surface area contributed by atoms with Crippen molar-refractivity contribution in [1.29, 1.82) is 0 Å². The summed E-state index contributed by atoms with van der Waals surface area (Å²) in [6, 6.07) is 3.32. The lowest BCUT2D eigenvalue weighted by atomic mass is 10.3. The predicted molar refractivity (Wildman–Crippen MR) is 59.9 cm³/mol. The number of hydrogen-bond donors (Lipinski definition) is 1. The summed E-state index contributed by atoms with van der Waals surface area (Å²) in [5, 5.41) is 19.2. The van der Waals surface area contributed by atoms with Crippen LogP contribution < -0.4 is 4.74 Å². The minimum Gasteiger partial charge on any atom is -0.481 e. The van der Waals surface area contributed by atoms with E-state index >= 15 is 0 Å². The number of halogens is 1. The molecule has 1 aromatic rings. The van der Waals surface area contributed by atoms with Crippen LogP contribution in [0, 0.1) is 15.9 Å². The maximum atomic E-state index is 13.3. The molecule has 0 spiro atoms. The monoisotopic (exact) mass is 255 g/mol. The molecule has 18 heavy (non-hydrogen) atoms. The highest BCUT2D eigenvalue weighted by Gasteiger charge is 2.18. The zero-order valence-corrected chi connectivity index (χ0v) is 9.42. The Hall–Kier alpha value is -2.44. The third kappa shape index (κ3) is 3.27. The first-order valence-corrected chi connectivity index (χ1v) is 4.89. The molecule has 0 aliphatic rings. The van der Waals surface area contributed by atoms with Gasteiger partial charge in [-0.15, -0.1) is 0 Å². The number of carboxylic acid groups (broad SMARTS) is 1. The van der Waals surface area contributed by atoms with Crippen molar-refractivity contribution in [3.05, 3.63) is 45.8 Å². The van der Waals surface area contributed by atoms with E-state index in [2.05, 4.69) is 0 Å². The van der Waals surface area contributed by atoms with Crippen molar-refractivity contribution in [2.75, 3.05) is 6.61 Å². The van der Waals surface area contributed by atoms with Gasteiger partial charge >= 0.3 is 11.7 Å². The second kappa shape index (κ2) is 5.76. The van der Waals surface area contributed by atoms with Gasteiger partial charge in [0, 0.05) is 11.6 Å². The minimum atomic E-state index is -1.14. The Morgan fingerprint density at radius 3 is 2.83 bits per heavy atom. The van der Waals surface area contributed by atoms with Crippen molar-refractivity contribution >= 4 is 11.7 Å². The lowest BCUT2D eigenvalue weighted by Gasteiger charge is -2.05. The zero-order chi connectivity index (χ0) is 13.7. The Morgan fingerprint density at radius 1 is 1.61 bits per heavy atom. The number of aliphatic carboxylic acids is 1. The molecule has 0 unspecified atom stereocenters. The van der Waals surface area contributed by atoms with Crippen molar-refractivity contribution in [3.8, 4) is 5.75 Å². The first-order valence-electron chi connectivity index (χ1n) is 4.89. The molecule has 0 amide bonds. The van der Waals surface area contributed by atoms with E-state index in [1.54, 1.807) is 0 Å². The molecular weight excluding hydrogens is 245 g/mol. The number of benzene rings is 1. The SMILES string of the molecule is C/C(=C/COc1c(F)cccc1[N+](=O)[O-])C(=O)O. The van der Waals surface area contributed by atoms with E-state index in [4.69, 9.17) is 9.84 Å². The molecule has 1 rings (SSSR count). The normalized spacial score (nSPS) is 11.1. The Morgan fingerprint density at radius 2 is 2.28 bits per heavy atom. The number of ether oxygens (including phenoxy) is 1. The van der Waals surface area contributed by atoms with Gasteiger partial charge in [-0.05, 0) is 19.1 Å². The van der Waals surface area contributed by atoms with Crippen LogP contribution in [0.4, 0.5) is 10.1 Å². The fourth-order valence-corrected chi connectivity index (χ4v) is 1.12. The molecule has 1 aromatic carbocycles. The van der Waals surface area contributed by atoms with Gasteiger partial charge in [-0.2, -0.15) is 0 Å². The van der Waals surface area contributed by atoms with Crippen molar-refractivity contribution in [1.82, 2.24) is 0 Å². The van der Waals surface area contributed by atoms with E-state index in [0.717, 1.165) is 12.1 Å². The average molecular weight is 255 g/mol. The summed E-state index contributed by atoms with van der Waals surface area (Å²) in [6.07, 6.45) is 1.19. The number of nitrogens with zero attached hydrogens (tertiary/aromatic N) is 1. The average Bonchev–Trinajstić information content (AvgIpc) is 2.30. The van der Waals surface area contributed by atoms with E-state index in [1.807, 2.05) is 0 Å². The Balaban J connectivity index is 2.88. The zero-order valence-electron chi connectivity index (χ0n) is 9.42. The molecule has 96 valence electrons. The van der Waals surface area contributed by atoms with Crippen LogP contribution in [0.3, 0.4) is 0 Å². The van der Waals surface area contributed by atoms with Crippen molar-refractivity contribution < 1.29 is 24.0 Å². The highest BCUT2D eigenvalue weighted by atomic mass is 19.1. The van der Waals surface area contributed by atoms with Crippen molar-refractivity contribution in [2.24, 2.45) is 0 Å². The van der Waals surface area contributed by atoms with Gasteiger partial charge in [-0.1, -0.05) is 6.07 Å². The molecule has 1 N–H and O–H groups in total. The molecule has 0 heterocycles. The molecule has 0 bridgehead atoms. The summed E-state index contributed by atoms with van der Waals surface area (Å²) >= 11 is 0. The van der Waals surface area contributed by atoms with Crippen molar-refractivity contribution in [2.45, 2.75) is 6.92 Å². The molecule has 6 nitrogen and oxygen atoms in total. The number of para-hydroxylation sites is 1. The van der Waals surface area contributed by atoms with E-state index < -0.39 is 28.1 Å². The number of nitro groups is 1. The van der Waals surface area contributed by atoms with E-state index in [9.17, 15) is 19.3 Å². The van der Waals surface area contributed by atoms with Crippen LogP contribution >= 0.6 is 0 Å². The number of carbonyl (C=O) groups is 1. The van der Waals surface area contributed by atoms with Gasteiger partial charge in [0.05, 0.1) is 4.92 Å².